The molecule has 0 radical (unpaired) electrons. The second-order valence-electron chi connectivity index (χ2n) is 12.8. The van der Waals surface area contributed by atoms with E-state index in [4.69, 9.17) is 4.98 Å². The molecule has 2 heterocycles. The van der Waals surface area contributed by atoms with Crippen LogP contribution in [0.3, 0.4) is 0 Å². The van der Waals surface area contributed by atoms with Gasteiger partial charge in [-0.15, -0.1) is 0 Å². The molecule has 0 bridgehead atoms. The second kappa shape index (κ2) is 10.2. The van der Waals surface area contributed by atoms with Crippen LogP contribution in [0.1, 0.15) is 5.82 Å². The Hall–Kier alpha value is -6.04. The Bertz CT molecular complexity index is 2960. The van der Waals surface area contributed by atoms with E-state index < -0.39 is 9.84 Å². The normalized spacial score (nSPS) is 13.3. The van der Waals surface area contributed by atoms with Gasteiger partial charge in [-0.3, -0.25) is 4.57 Å². The number of para-hydroxylation sites is 1. The van der Waals surface area contributed by atoms with Crippen LogP contribution in [-0.4, -0.2) is 18.0 Å². The van der Waals surface area contributed by atoms with E-state index in [9.17, 15) is 8.42 Å². The molecular formula is C44H28N2O2S. The van der Waals surface area contributed by atoms with Gasteiger partial charge in [-0.25, -0.2) is 13.4 Å². The highest BCUT2D eigenvalue weighted by Crippen LogP contribution is 2.47. The minimum Gasteiger partial charge on any atom is -0.294 e. The van der Waals surface area contributed by atoms with Gasteiger partial charge in [-0.1, -0.05) is 115 Å². The van der Waals surface area contributed by atoms with E-state index in [0.29, 0.717) is 26.5 Å². The Morgan fingerprint density at radius 2 is 1.14 bits per heavy atom. The number of imidazole rings is 1. The molecule has 1 aliphatic rings. The molecular weight excluding hydrogens is 621 g/mol. The number of nitrogens with zero attached hydrogens (tertiary/aromatic N) is 2. The highest BCUT2D eigenvalue weighted by molar-refractivity contribution is 7.92. The molecule has 49 heavy (non-hydrogen) atoms. The Labute approximate surface area is 283 Å². The number of sulfone groups is 1. The summed E-state index contributed by atoms with van der Waals surface area (Å²) in [7, 11) is -3.82. The van der Waals surface area contributed by atoms with Gasteiger partial charge in [0.05, 0.1) is 26.5 Å². The van der Waals surface area contributed by atoms with Gasteiger partial charge in [0.1, 0.15) is 5.82 Å². The monoisotopic (exact) mass is 648 g/mol. The Kier molecular flexibility index (Phi) is 5.85. The molecule has 8 aromatic carbocycles. The number of hydrogen-bond acceptors (Lipinski definition) is 3. The van der Waals surface area contributed by atoms with Crippen LogP contribution in [0, 0.1) is 6.92 Å². The predicted octanol–water partition coefficient (Wildman–Crippen LogP) is 10.9. The molecule has 0 fully saturated rings. The SMILES string of the molecule is Cc1nc2cccc3c2n1-c1ccc(-c2c4ccccc4c(-c4ccc5ccccc5c4)c4ccc(-c5ccccc5)cc24)cc1S3(=O)=O. The third kappa shape index (κ3) is 4.03. The van der Waals surface area contributed by atoms with Crippen LogP contribution in [0.4, 0.5) is 0 Å². The highest BCUT2D eigenvalue weighted by Gasteiger charge is 2.33. The average molecular weight is 649 g/mol. The van der Waals surface area contributed by atoms with Gasteiger partial charge in [0.15, 0.2) is 0 Å². The fourth-order valence-corrected chi connectivity index (χ4v) is 9.53. The van der Waals surface area contributed by atoms with Gasteiger partial charge in [0, 0.05) is 0 Å². The maximum atomic E-state index is 14.3. The van der Waals surface area contributed by atoms with Crippen LogP contribution < -0.4 is 0 Å². The minimum atomic E-state index is -3.82. The summed E-state index contributed by atoms with van der Waals surface area (Å²) in [6.07, 6.45) is 0. The van der Waals surface area contributed by atoms with E-state index in [2.05, 4.69) is 115 Å². The first-order valence-electron chi connectivity index (χ1n) is 16.4. The third-order valence-electron chi connectivity index (χ3n) is 10.0. The van der Waals surface area contributed by atoms with Gasteiger partial charge >= 0.3 is 0 Å². The standard InChI is InChI=1S/C44H28N2O2S/c1-27-45-38-16-9-17-40-44(38)46(27)39-23-21-33(26-41(39)49(40,47)48)43-35-15-8-7-14-34(35)42(32-19-18-29-12-5-6-13-30(29)24-32)36-22-20-31(25-37(36)43)28-10-3-2-4-11-28/h2-26H,1H3. The van der Waals surface area contributed by atoms with Gasteiger partial charge in [-0.05, 0) is 109 Å². The zero-order valence-corrected chi connectivity index (χ0v) is 27.4. The molecule has 1 aliphatic heterocycles. The van der Waals surface area contributed by atoms with Crippen molar-refractivity contribution >= 4 is 53.2 Å². The molecule has 5 heteroatoms. The lowest BCUT2D eigenvalue weighted by Crippen LogP contribution is -2.15. The molecule has 0 spiro atoms. The molecule has 0 saturated heterocycles. The number of hydrogen-bond donors (Lipinski definition) is 0. The van der Waals surface area contributed by atoms with Crippen LogP contribution >= 0.6 is 0 Å². The summed E-state index contributed by atoms with van der Waals surface area (Å²) in [5.41, 5.74) is 8.36. The van der Waals surface area contributed by atoms with E-state index in [-0.39, 0.29) is 0 Å². The molecule has 1 aromatic heterocycles. The molecule has 0 saturated carbocycles. The predicted molar refractivity (Wildman–Crippen MR) is 200 cm³/mol. The Morgan fingerprint density at radius 3 is 1.96 bits per heavy atom. The zero-order valence-electron chi connectivity index (χ0n) is 26.6. The first-order chi connectivity index (χ1) is 24.0. The van der Waals surface area contributed by atoms with E-state index in [1.807, 2.05) is 35.8 Å². The van der Waals surface area contributed by atoms with Crippen molar-refractivity contribution in [3.8, 4) is 39.1 Å². The summed E-state index contributed by atoms with van der Waals surface area (Å²) in [6, 6.07) is 52.0. The van der Waals surface area contributed by atoms with Crippen molar-refractivity contribution in [3.05, 3.63) is 157 Å². The van der Waals surface area contributed by atoms with Crippen LogP contribution in [0.15, 0.2) is 161 Å². The second-order valence-corrected chi connectivity index (χ2v) is 14.7. The van der Waals surface area contributed by atoms with Crippen LogP contribution in [-0.2, 0) is 9.84 Å². The summed E-state index contributed by atoms with van der Waals surface area (Å²) in [5, 5.41) is 6.75. The van der Waals surface area contributed by atoms with E-state index in [0.717, 1.165) is 60.8 Å². The lowest BCUT2D eigenvalue weighted by atomic mass is 9.84. The lowest BCUT2D eigenvalue weighted by molar-refractivity contribution is 0.594. The molecule has 10 rings (SSSR count). The third-order valence-corrected chi connectivity index (χ3v) is 11.9. The Balaban J connectivity index is 1.31. The molecule has 4 nitrogen and oxygen atoms in total. The lowest BCUT2D eigenvalue weighted by Gasteiger charge is -2.23. The maximum absolute atomic E-state index is 14.3. The first-order valence-corrected chi connectivity index (χ1v) is 17.9. The van der Waals surface area contributed by atoms with Crippen molar-refractivity contribution in [2.24, 2.45) is 0 Å². The maximum Gasteiger partial charge on any atom is 0.210 e. The van der Waals surface area contributed by atoms with E-state index in [1.54, 1.807) is 12.1 Å². The molecule has 0 atom stereocenters. The van der Waals surface area contributed by atoms with Crippen molar-refractivity contribution < 1.29 is 8.42 Å². The van der Waals surface area contributed by atoms with Crippen LogP contribution in [0.2, 0.25) is 0 Å². The summed E-state index contributed by atoms with van der Waals surface area (Å²) >= 11 is 0. The topological polar surface area (TPSA) is 52.0 Å². The van der Waals surface area contributed by atoms with Crippen molar-refractivity contribution in [2.45, 2.75) is 16.7 Å². The van der Waals surface area contributed by atoms with Crippen molar-refractivity contribution in [1.82, 2.24) is 9.55 Å². The number of aromatic nitrogens is 2. The molecule has 232 valence electrons. The first kappa shape index (κ1) is 28.0. The summed E-state index contributed by atoms with van der Waals surface area (Å²) in [5.74, 6) is 0.759. The highest BCUT2D eigenvalue weighted by atomic mass is 32.2. The number of aryl methyl sites for hydroxylation is 1. The summed E-state index contributed by atoms with van der Waals surface area (Å²) < 4.78 is 30.7. The largest absolute Gasteiger partial charge is 0.294 e. The average Bonchev–Trinajstić information content (AvgIpc) is 3.48. The molecule has 0 aliphatic carbocycles. The van der Waals surface area contributed by atoms with Gasteiger partial charge in [-0.2, -0.15) is 0 Å². The quantitative estimate of drug-likeness (QED) is 0.179. The fourth-order valence-electron chi connectivity index (χ4n) is 7.87. The number of benzene rings is 8. The van der Waals surface area contributed by atoms with E-state index in [1.165, 1.54) is 10.8 Å². The van der Waals surface area contributed by atoms with Crippen LogP contribution in [0.5, 0.6) is 0 Å². The van der Waals surface area contributed by atoms with Crippen molar-refractivity contribution in [1.29, 1.82) is 0 Å². The molecule has 0 N–H and O–H groups in total. The van der Waals surface area contributed by atoms with Gasteiger partial charge < -0.3 is 0 Å². The van der Waals surface area contributed by atoms with Gasteiger partial charge in [0.25, 0.3) is 0 Å². The van der Waals surface area contributed by atoms with E-state index >= 15 is 0 Å². The summed E-state index contributed by atoms with van der Waals surface area (Å²) in [4.78, 5) is 5.29. The zero-order chi connectivity index (χ0) is 32.9. The van der Waals surface area contributed by atoms with Gasteiger partial charge in [0.2, 0.25) is 9.84 Å². The Morgan fingerprint density at radius 1 is 0.490 bits per heavy atom. The fraction of sp³-hybridized carbons (Fsp3) is 0.0227. The van der Waals surface area contributed by atoms with Crippen LogP contribution in [0.25, 0.3) is 82.4 Å². The molecule has 9 aromatic rings. The molecule has 0 amide bonds. The van der Waals surface area contributed by atoms with Crippen molar-refractivity contribution in [2.75, 3.05) is 0 Å². The minimum absolute atomic E-state index is 0.293. The summed E-state index contributed by atoms with van der Waals surface area (Å²) in [6.45, 7) is 1.93. The number of fused-ring (bicyclic) bond motifs is 5. The smallest absolute Gasteiger partial charge is 0.210 e. The molecule has 0 unspecified atom stereocenters. The van der Waals surface area contributed by atoms with Crippen molar-refractivity contribution in [3.63, 3.8) is 0 Å². The number of rotatable bonds is 3.